The second-order valence-electron chi connectivity index (χ2n) is 9.28. The zero-order chi connectivity index (χ0) is 24.8. The molecule has 2 amide bonds. The SMILES string of the molecule is COc1ccc([C@@H]2c3[nH]c4ccccc4c3C[C@H]3C(=O)N(Cc4ccccc4)CC(=O)N23)cc1OC. The van der Waals surface area contributed by atoms with Crippen LogP contribution in [0.5, 0.6) is 11.5 Å². The Morgan fingerprint density at radius 3 is 2.44 bits per heavy atom. The number of carbonyl (C=O) groups excluding carboxylic acids is 2. The highest BCUT2D eigenvalue weighted by Crippen LogP contribution is 2.44. The number of benzene rings is 3. The third-order valence-electron chi connectivity index (χ3n) is 7.28. The molecule has 0 unspecified atom stereocenters. The van der Waals surface area contributed by atoms with E-state index in [1.165, 1.54) is 0 Å². The number of aromatic nitrogens is 1. The Balaban J connectivity index is 1.47. The van der Waals surface area contributed by atoms with Gasteiger partial charge in [-0.05, 0) is 34.9 Å². The van der Waals surface area contributed by atoms with Crippen molar-refractivity contribution in [3.8, 4) is 11.5 Å². The lowest BCUT2D eigenvalue weighted by Crippen LogP contribution is -2.62. The van der Waals surface area contributed by atoms with Gasteiger partial charge >= 0.3 is 0 Å². The number of hydrogen-bond donors (Lipinski definition) is 1. The van der Waals surface area contributed by atoms with Crippen LogP contribution in [0.4, 0.5) is 0 Å². The zero-order valence-electron chi connectivity index (χ0n) is 20.2. The molecule has 0 bridgehead atoms. The average Bonchev–Trinajstić information content (AvgIpc) is 3.29. The molecule has 7 heteroatoms. The molecule has 0 spiro atoms. The lowest BCUT2D eigenvalue weighted by molar-refractivity contribution is -0.159. The molecule has 2 aliphatic rings. The van der Waals surface area contributed by atoms with Crippen LogP contribution < -0.4 is 9.47 Å². The molecule has 1 fully saturated rings. The summed E-state index contributed by atoms with van der Waals surface area (Å²) in [7, 11) is 3.19. The summed E-state index contributed by atoms with van der Waals surface area (Å²) in [6, 6.07) is 22.6. The molecule has 7 nitrogen and oxygen atoms in total. The highest BCUT2D eigenvalue weighted by Gasteiger charge is 2.48. The zero-order valence-corrected chi connectivity index (χ0v) is 20.2. The van der Waals surface area contributed by atoms with Crippen molar-refractivity contribution in [2.75, 3.05) is 20.8 Å². The van der Waals surface area contributed by atoms with E-state index < -0.39 is 12.1 Å². The minimum absolute atomic E-state index is 0.0279. The average molecular weight is 482 g/mol. The van der Waals surface area contributed by atoms with Crippen LogP contribution in [0.1, 0.15) is 28.4 Å². The Morgan fingerprint density at radius 2 is 1.67 bits per heavy atom. The van der Waals surface area contributed by atoms with Gasteiger partial charge in [-0.1, -0.05) is 54.6 Å². The van der Waals surface area contributed by atoms with E-state index in [1.807, 2.05) is 66.7 Å². The summed E-state index contributed by atoms with van der Waals surface area (Å²) in [5.41, 5.74) is 4.88. The Kier molecular flexibility index (Phi) is 5.40. The van der Waals surface area contributed by atoms with Crippen LogP contribution >= 0.6 is 0 Å². The number of methoxy groups -OCH3 is 2. The Bertz CT molecular complexity index is 1460. The van der Waals surface area contributed by atoms with E-state index in [9.17, 15) is 9.59 Å². The van der Waals surface area contributed by atoms with Crippen molar-refractivity contribution in [3.63, 3.8) is 0 Å². The Hall–Kier alpha value is -4.26. The number of nitrogens with zero attached hydrogens (tertiary/aromatic N) is 2. The molecule has 0 radical (unpaired) electrons. The van der Waals surface area contributed by atoms with Crippen LogP contribution in [0.2, 0.25) is 0 Å². The number of rotatable bonds is 5. The molecule has 2 atom stereocenters. The van der Waals surface area contributed by atoms with Gasteiger partial charge in [0.25, 0.3) is 0 Å². The van der Waals surface area contributed by atoms with Crippen molar-refractivity contribution in [2.24, 2.45) is 0 Å². The number of piperazine rings is 1. The van der Waals surface area contributed by atoms with Crippen LogP contribution in [0.3, 0.4) is 0 Å². The largest absolute Gasteiger partial charge is 0.493 e. The molecule has 1 aromatic heterocycles. The summed E-state index contributed by atoms with van der Waals surface area (Å²) in [4.78, 5) is 34.6. The van der Waals surface area contributed by atoms with Crippen molar-refractivity contribution in [2.45, 2.75) is 25.0 Å². The normalized spacial score (nSPS) is 19.3. The van der Waals surface area contributed by atoms with Gasteiger partial charge in [-0.25, -0.2) is 0 Å². The van der Waals surface area contributed by atoms with Gasteiger partial charge in [0.1, 0.15) is 12.6 Å². The highest BCUT2D eigenvalue weighted by molar-refractivity contribution is 5.97. The lowest BCUT2D eigenvalue weighted by atomic mass is 9.86. The fourth-order valence-electron chi connectivity index (χ4n) is 5.63. The van der Waals surface area contributed by atoms with Gasteiger partial charge in [0.15, 0.2) is 11.5 Å². The third-order valence-corrected chi connectivity index (χ3v) is 7.28. The maximum atomic E-state index is 13.9. The summed E-state index contributed by atoms with van der Waals surface area (Å²) in [5, 5.41) is 1.08. The number of aromatic amines is 1. The molecule has 6 rings (SSSR count). The number of para-hydroxylation sites is 1. The second-order valence-corrected chi connectivity index (χ2v) is 9.28. The highest BCUT2D eigenvalue weighted by atomic mass is 16.5. The van der Waals surface area contributed by atoms with Gasteiger partial charge in [-0.15, -0.1) is 0 Å². The van der Waals surface area contributed by atoms with E-state index in [0.717, 1.165) is 33.3 Å². The summed E-state index contributed by atoms with van der Waals surface area (Å²) in [6.07, 6.45) is 0.471. The molecule has 36 heavy (non-hydrogen) atoms. The van der Waals surface area contributed by atoms with E-state index >= 15 is 0 Å². The molecule has 3 aromatic carbocycles. The topological polar surface area (TPSA) is 74.9 Å². The summed E-state index contributed by atoms with van der Waals surface area (Å²) in [6.45, 7) is 0.459. The number of ether oxygens (including phenoxy) is 2. The maximum absolute atomic E-state index is 13.9. The molecule has 2 aliphatic heterocycles. The minimum Gasteiger partial charge on any atom is -0.493 e. The number of carbonyl (C=O) groups is 2. The van der Waals surface area contributed by atoms with Crippen LogP contribution in [0.15, 0.2) is 72.8 Å². The smallest absolute Gasteiger partial charge is 0.246 e. The maximum Gasteiger partial charge on any atom is 0.246 e. The molecule has 0 saturated carbocycles. The summed E-state index contributed by atoms with van der Waals surface area (Å²) >= 11 is 0. The molecule has 182 valence electrons. The molecule has 0 aliphatic carbocycles. The van der Waals surface area contributed by atoms with E-state index in [1.54, 1.807) is 24.0 Å². The molecule has 4 aromatic rings. The van der Waals surface area contributed by atoms with E-state index in [0.29, 0.717) is 24.5 Å². The van der Waals surface area contributed by atoms with Crippen molar-refractivity contribution < 1.29 is 19.1 Å². The van der Waals surface area contributed by atoms with Crippen LogP contribution in [-0.4, -0.2) is 53.4 Å². The molecular weight excluding hydrogens is 454 g/mol. The lowest BCUT2D eigenvalue weighted by Gasteiger charge is -2.47. The van der Waals surface area contributed by atoms with E-state index in [4.69, 9.17) is 9.47 Å². The number of nitrogens with one attached hydrogen (secondary N) is 1. The molecule has 1 saturated heterocycles. The van der Waals surface area contributed by atoms with Crippen molar-refractivity contribution in [1.82, 2.24) is 14.8 Å². The standard InChI is InChI=1S/C29H27N3O4/c1-35-24-13-12-19(14-25(24)36-2)28-27-21(20-10-6-7-11-22(20)30-27)15-23-29(34)31(17-26(33)32(23)28)16-18-8-4-3-5-9-18/h3-14,23,28,30H,15-17H2,1-2H3/t23-,28+/m0/s1. The first-order valence-corrected chi connectivity index (χ1v) is 12.0. The van der Waals surface area contributed by atoms with Gasteiger partial charge in [0, 0.05) is 29.6 Å². The van der Waals surface area contributed by atoms with E-state index in [-0.39, 0.29) is 18.4 Å². The fraction of sp³-hybridized carbons (Fsp3) is 0.241. The van der Waals surface area contributed by atoms with Crippen LogP contribution in [0, 0.1) is 0 Å². The Labute approximate surface area is 209 Å². The van der Waals surface area contributed by atoms with Crippen LogP contribution in [0.25, 0.3) is 10.9 Å². The first kappa shape index (κ1) is 22.2. The van der Waals surface area contributed by atoms with Crippen molar-refractivity contribution in [1.29, 1.82) is 0 Å². The third kappa shape index (κ3) is 3.50. The molecule has 3 heterocycles. The number of amides is 2. The molecule has 1 N–H and O–H groups in total. The Morgan fingerprint density at radius 1 is 0.917 bits per heavy atom. The summed E-state index contributed by atoms with van der Waals surface area (Å²) in [5.74, 6) is 1.09. The van der Waals surface area contributed by atoms with Gasteiger partial charge < -0.3 is 24.3 Å². The predicted octanol–water partition coefficient (Wildman–Crippen LogP) is 4.07. The van der Waals surface area contributed by atoms with Crippen molar-refractivity contribution >= 4 is 22.7 Å². The van der Waals surface area contributed by atoms with Gasteiger partial charge in [-0.2, -0.15) is 0 Å². The molecular formula is C29H27N3O4. The van der Waals surface area contributed by atoms with Gasteiger partial charge in [0.05, 0.1) is 20.3 Å². The fourth-order valence-corrected chi connectivity index (χ4v) is 5.63. The monoisotopic (exact) mass is 481 g/mol. The second kappa shape index (κ2) is 8.75. The first-order chi connectivity index (χ1) is 17.6. The first-order valence-electron chi connectivity index (χ1n) is 12.0. The number of hydrogen-bond acceptors (Lipinski definition) is 4. The van der Waals surface area contributed by atoms with Crippen LogP contribution in [-0.2, 0) is 22.6 Å². The quantitative estimate of drug-likeness (QED) is 0.466. The number of fused-ring (bicyclic) bond motifs is 4. The van der Waals surface area contributed by atoms with Gasteiger partial charge in [0.2, 0.25) is 11.8 Å². The van der Waals surface area contributed by atoms with Gasteiger partial charge in [-0.3, -0.25) is 9.59 Å². The van der Waals surface area contributed by atoms with Crippen molar-refractivity contribution in [3.05, 3.63) is 95.2 Å². The van der Waals surface area contributed by atoms with E-state index in [2.05, 4.69) is 11.1 Å². The minimum atomic E-state index is -0.584. The summed E-state index contributed by atoms with van der Waals surface area (Å²) < 4.78 is 11.0. The number of H-pyrrole nitrogens is 1. The predicted molar refractivity (Wildman–Crippen MR) is 136 cm³/mol.